The third kappa shape index (κ3) is 3.17. The van der Waals surface area contributed by atoms with Crippen molar-refractivity contribution in [3.05, 3.63) is 6.61 Å². The molecular weight excluding hydrogens is 152 g/mol. The lowest BCUT2D eigenvalue weighted by molar-refractivity contribution is 0.361. The maximum absolute atomic E-state index is 10.5. The number of hydrogen-bond donors (Lipinski definition) is 2. The first kappa shape index (κ1) is 9.91. The predicted molar refractivity (Wildman–Crippen MR) is 39.9 cm³/mol. The summed E-state index contributed by atoms with van der Waals surface area (Å²) < 4.78 is 20.3. The number of thiol groups is 1. The Bertz CT molecular complexity index is 152. The molecule has 0 heterocycles. The number of hydrogen-bond acceptors (Lipinski definition) is 3. The fourth-order valence-electron chi connectivity index (χ4n) is 0.509. The van der Waals surface area contributed by atoms with Gasteiger partial charge in [0, 0.05) is 0 Å². The molecule has 0 rings (SSSR count). The van der Waals surface area contributed by atoms with E-state index < -0.39 is 15.5 Å². The van der Waals surface area contributed by atoms with Crippen LogP contribution in [0.4, 0.5) is 0 Å². The monoisotopic (exact) mass is 165 g/mol. The summed E-state index contributed by atoms with van der Waals surface area (Å²) in [5.41, 5.74) is 0. The molecule has 0 saturated carbocycles. The van der Waals surface area contributed by atoms with Crippen LogP contribution in [0.15, 0.2) is 0 Å². The highest BCUT2D eigenvalue weighted by Gasteiger charge is 2.20. The summed E-state index contributed by atoms with van der Waals surface area (Å²) in [4.78, 5) is 0. The third-order valence-electron chi connectivity index (χ3n) is 1.38. The van der Waals surface area contributed by atoms with E-state index in [1.165, 1.54) is 0 Å². The molecule has 0 aromatic rings. The van der Waals surface area contributed by atoms with E-state index in [1.54, 1.807) is 13.8 Å². The van der Waals surface area contributed by atoms with Crippen LogP contribution in [0.3, 0.4) is 0 Å². The van der Waals surface area contributed by atoms with Gasteiger partial charge in [-0.1, -0.05) is 0 Å². The van der Waals surface area contributed by atoms with E-state index >= 15 is 0 Å². The van der Waals surface area contributed by atoms with Crippen molar-refractivity contribution in [1.82, 2.24) is 0 Å². The maximum atomic E-state index is 10.5. The lowest BCUT2D eigenvalue weighted by atomic mass is 10.1. The van der Waals surface area contributed by atoms with Crippen LogP contribution < -0.4 is 0 Å². The third-order valence-corrected chi connectivity index (χ3v) is 2.59. The van der Waals surface area contributed by atoms with E-state index in [9.17, 15) is 8.42 Å². The molecule has 1 N–H and O–H groups in total. The molecule has 0 aliphatic carbocycles. The molecule has 0 fully saturated rings. The van der Waals surface area contributed by atoms with Crippen LogP contribution in [0.5, 0.6) is 0 Å². The van der Waals surface area contributed by atoms with Gasteiger partial charge in [0.1, 0.15) is 10.7 Å². The average Bonchev–Trinajstić information content (AvgIpc) is 1.84. The molecule has 3 nitrogen and oxygen atoms in total. The van der Waals surface area contributed by atoms with E-state index in [2.05, 4.69) is 0 Å². The molecule has 0 aliphatic rings. The maximum Gasteiger partial charge on any atom is 0.145 e. The number of rotatable bonds is 4. The number of aliphatic hydroxyl groups excluding tert-OH is 1. The Hall–Kier alpha value is -0.0900. The Morgan fingerprint density at radius 2 is 2.00 bits per heavy atom. The summed E-state index contributed by atoms with van der Waals surface area (Å²) in [6.07, 6.45) is 0.901. The molecule has 0 aliphatic heterocycles. The first-order valence-electron chi connectivity index (χ1n) is 3.11. The van der Waals surface area contributed by atoms with Crippen molar-refractivity contribution in [2.45, 2.75) is 31.4 Å². The van der Waals surface area contributed by atoms with Gasteiger partial charge < -0.3 is 5.11 Å². The molecule has 10 heavy (non-hydrogen) atoms. The zero-order valence-electron chi connectivity index (χ0n) is 6.20. The lowest BCUT2D eigenvalue weighted by Crippen LogP contribution is -2.21. The van der Waals surface area contributed by atoms with Gasteiger partial charge in [0.25, 0.3) is 0 Å². The molecule has 0 spiro atoms. The van der Waals surface area contributed by atoms with Crippen LogP contribution in [-0.4, -0.2) is 18.3 Å². The van der Waals surface area contributed by atoms with Gasteiger partial charge >= 0.3 is 0 Å². The van der Waals surface area contributed by atoms with Crippen molar-refractivity contribution in [3.63, 3.8) is 0 Å². The van der Waals surface area contributed by atoms with Gasteiger partial charge in [0.15, 0.2) is 0 Å². The van der Waals surface area contributed by atoms with Gasteiger partial charge in [0.05, 0.1) is 11.4 Å². The van der Waals surface area contributed by atoms with Crippen molar-refractivity contribution < 1.29 is 13.5 Å². The smallest absolute Gasteiger partial charge is 0.145 e. The summed E-state index contributed by atoms with van der Waals surface area (Å²) in [7, 11) is -2.39. The van der Waals surface area contributed by atoms with E-state index in [0.717, 1.165) is 6.61 Å². The predicted octanol–water partition coefficient (Wildman–Crippen LogP) is 0.691. The number of aliphatic hydroxyl groups is 1. The minimum absolute atomic E-state index is 0.427. The summed E-state index contributed by atoms with van der Waals surface area (Å²) in [5, 5.41) is 8.29. The molecule has 0 saturated heterocycles. The molecule has 61 valence electrons. The summed E-state index contributed by atoms with van der Waals surface area (Å²) in [5.74, 6) is 0. The van der Waals surface area contributed by atoms with Crippen LogP contribution >= 0.6 is 0 Å². The SMILES string of the molecule is CC(C)(CC[CH]O)[SH](=O)=O. The van der Waals surface area contributed by atoms with Crippen LogP contribution in [0.25, 0.3) is 0 Å². The van der Waals surface area contributed by atoms with E-state index in [1.807, 2.05) is 0 Å². The molecule has 0 atom stereocenters. The summed E-state index contributed by atoms with van der Waals surface area (Å²) in [6, 6.07) is 0. The summed E-state index contributed by atoms with van der Waals surface area (Å²) >= 11 is 0. The fraction of sp³-hybridized carbons (Fsp3) is 0.833. The van der Waals surface area contributed by atoms with Gasteiger partial charge in [-0.25, -0.2) is 8.42 Å². The van der Waals surface area contributed by atoms with Crippen molar-refractivity contribution in [3.8, 4) is 0 Å². The highest BCUT2D eigenvalue weighted by molar-refractivity contribution is 7.74. The van der Waals surface area contributed by atoms with E-state index in [4.69, 9.17) is 5.11 Å². The first-order valence-corrected chi connectivity index (χ1v) is 4.29. The Balaban J connectivity index is 3.87. The Morgan fingerprint density at radius 1 is 1.50 bits per heavy atom. The van der Waals surface area contributed by atoms with Crippen molar-refractivity contribution in [1.29, 1.82) is 0 Å². The van der Waals surface area contributed by atoms with Gasteiger partial charge in [0.2, 0.25) is 0 Å². The Kier molecular flexibility index (Phi) is 3.89. The van der Waals surface area contributed by atoms with Gasteiger partial charge in [-0.05, 0) is 26.7 Å². The van der Waals surface area contributed by atoms with E-state index in [0.29, 0.717) is 12.8 Å². The average molecular weight is 165 g/mol. The molecule has 0 unspecified atom stereocenters. The molecule has 0 amide bonds. The molecule has 4 heteroatoms. The molecular formula is C6H13O3S. The molecule has 0 aromatic carbocycles. The minimum Gasteiger partial charge on any atom is -0.390 e. The highest BCUT2D eigenvalue weighted by Crippen LogP contribution is 2.15. The first-order chi connectivity index (χ1) is 4.50. The minimum atomic E-state index is -2.39. The van der Waals surface area contributed by atoms with Crippen LogP contribution in [0.2, 0.25) is 0 Å². The van der Waals surface area contributed by atoms with Gasteiger partial charge in [-0.3, -0.25) is 0 Å². The molecule has 1 radical (unpaired) electrons. The zero-order valence-corrected chi connectivity index (χ0v) is 7.10. The second-order valence-corrected chi connectivity index (χ2v) is 4.52. The van der Waals surface area contributed by atoms with Crippen LogP contribution in [-0.2, 0) is 10.7 Å². The highest BCUT2D eigenvalue weighted by atomic mass is 32.2. The second-order valence-electron chi connectivity index (χ2n) is 2.79. The molecule has 0 bridgehead atoms. The standard InChI is InChI=1S/C6H13O3S/c1-6(2,10(8)9)4-3-5-7/h5,7,10H,3-4H2,1-2H3. The van der Waals surface area contributed by atoms with Crippen molar-refractivity contribution >= 4 is 10.7 Å². The largest absolute Gasteiger partial charge is 0.390 e. The second kappa shape index (κ2) is 3.93. The fourth-order valence-corrected chi connectivity index (χ4v) is 0.821. The van der Waals surface area contributed by atoms with Crippen molar-refractivity contribution in [2.75, 3.05) is 0 Å². The zero-order chi connectivity index (χ0) is 8.20. The van der Waals surface area contributed by atoms with Gasteiger partial charge in [-0.2, -0.15) is 0 Å². The van der Waals surface area contributed by atoms with Gasteiger partial charge in [-0.15, -0.1) is 0 Å². The summed E-state index contributed by atoms with van der Waals surface area (Å²) in [6.45, 7) is 4.27. The van der Waals surface area contributed by atoms with Crippen LogP contribution in [0.1, 0.15) is 26.7 Å². The van der Waals surface area contributed by atoms with Crippen LogP contribution in [0, 0.1) is 6.61 Å². The Morgan fingerprint density at radius 3 is 2.30 bits per heavy atom. The molecule has 0 aromatic heterocycles. The van der Waals surface area contributed by atoms with E-state index in [-0.39, 0.29) is 0 Å². The quantitative estimate of drug-likeness (QED) is 0.603. The lowest BCUT2D eigenvalue weighted by Gasteiger charge is -2.14. The Labute approximate surface area is 63.0 Å². The topological polar surface area (TPSA) is 54.4 Å². The normalized spacial score (nSPS) is 12.4. The van der Waals surface area contributed by atoms with Crippen molar-refractivity contribution in [2.24, 2.45) is 0 Å².